The van der Waals surface area contributed by atoms with E-state index in [9.17, 15) is 5.11 Å². The monoisotopic (exact) mass is 281 g/mol. The Hall–Kier alpha value is -0.120. The van der Waals surface area contributed by atoms with E-state index in [2.05, 4.69) is 11.8 Å². The Labute approximate surface area is 123 Å². The SMILES string of the molecule is CC1CCC(OC(O)N2CCCC3CCCCC32)CC1. The summed E-state index contributed by atoms with van der Waals surface area (Å²) in [5.41, 5.74) is 0. The molecule has 3 rings (SSSR count). The summed E-state index contributed by atoms with van der Waals surface area (Å²) in [5, 5.41) is 10.5. The van der Waals surface area contributed by atoms with Crippen LogP contribution in [0.5, 0.6) is 0 Å². The maximum atomic E-state index is 10.5. The molecule has 3 unspecified atom stereocenters. The van der Waals surface area contributed by atoms with Gasteiger partial charge in [-0.1, -0.05) is 19.8 Å². The van der Waals surface area contributed by atoms with Crippen molar-refractivity contribution in [2.45, 2.75) is 89.7 Å². The first kappa shape index (κ1) is 14.8. The Morgan fingerprint density at radius 3 is 2.45 bits per heavy atom. The molecular formula is C17H31NO2. The summed E-state index contributed by atoms with van der Waals surface area (Å²) in [7, 11) is 0. The van der Waals surface area contributed by atoms with Crippen LogP contribution in [-0.4, -0.2) is 35.1 Å². The summed E-state index contributed by atoms with van der Waals surface area (Å²) in [6, 6.07) is 0.579. The van der Waals surface area contributed by atoms with E-state index in [1.807, 2.05) is 0 Å². The van der Waals surface area contributed by atoms with Crippen molar-refractivity contribution < 1.29 is 9.84 Å². The molecule has 3 heteroatoms. The Kier molecular flexibility index (Phi) is 5.00. The summed E-state index contributed by atoms with van der Waals surface area (Å²) in [6.45, 7) is 3.34. The summed E-state index contributed by atoms with van der Waals surface area (Å²) >= 11 is 0. The minimum atomic E-state index is -0.653. The van der Waals surface area contributed by atoms with E-state index >= 15 is 0 Å². The number of aliphatic hydroxyl groups is 1. The molecule has 0 bridgehead atoms. The number of piperidine rings is 1. The highest BCUT2D eigenvalue weighted by Gasteiger charge is 2.37. The zero-order valence-electron chi connectivity index (χ0n) is 13.0. The van der Waals surface area contributed by atoms with Crippen LogP contribution in [0.3, 0.4) is 0 Å². The predicted molar refractivity (Wildman–Crippen MR) is 80.2 cm³/mol. The minimum absolute atomic E-state index is 0.283. The topological polar surface area (TPSA) is 32.7 Å². The summed E-state index contributed by atoms with van der Waals surface area (Å²) < 4.78 is 6.01. The first-order chi connectivity index (χ1) is 9.74. The van der Waals surface area contributed by atoms with Crippen molar-refractivity contribution in [3.05, 3.63) is 0 Å². The lowest BCUT2D eigenvalue weighted by molar-refractivity contribution is -0.245. The highest BCUT2D eigenvalue weighted by molar-refractivity contribution is 4.87. The van der Waals surface area contributed by atoms with E-state index in [1.165, 1.54) is 51.4 Å². The lowest BCUT2D eigenvalue weighted by Gasteiger charge is -2.46. The molecule has 0 radical (unpaired) electrons. The number of hydrogen-bond acceptors (Lipinski definition) is 3. The Morgan fingerprint density at radius 1 is 0.950 bits per heavy atom. The average molecular weight is 281 g/mol. The first-order valence-corrected chi connectivity index (χ1v) is 8.83. The van der Waals surface area contributed by atoms with E-state index in [-0.39, 0.29) is 6.10 Å². The maximum absolute atomic E-state index is 10.5. The zero-order valence-corrected chi connectivity index (χ0v) is 13.0. The lowest BCUT2D eigenvalue weighted by atomic mass is 9.78. The second-order valence-corrected chi connectivity index (χ2v) is 7.34. The predicted octanol–water partition coefficient (Wildman–Crippen LogP) is 3.51. The molecule has 1 N–H and O–H groups in total. The lowest BCUT2D eigenvalue weighted by Crippen LogP contribution is -2.53. The van der Waals surface area contributed by atoms with Gasteiger partial charge in [-0.05, 0) is 63.2 Å². The van der Waals surface area contributed by atoms with E-state index in [0.717, 1.165) is 31.2 Å². The number of ether oxygens (including phenoxy) is 1. The van der Waals surface area contributed by atoms with Gasteiger partial charge < -0.3 is 9.84 Å². The molecule has 0 aromatic rings. The molecule has 2 aliphatic carbocycles. The van der Waals surface area contributed by atoms with Crippen molar-refractivity contribution in [2.75, 3.05) is 6.54 Å². The van der Waals surface area contributed by atoms with Crippen LogP contribution in [0, 0.1) is 11.8 Å². The van der Waals surface area contributed by atoms with Crippen LogP contribution in [0.25, 0.3) is 0 Å². The molecule has 3 nitrogen and oxygen atoms in total. The fraction of sp³-hybridized carbons (Fsp3) is 1.00. The quantitative estimate of drug-likeness (QED) is 0.804. The van der Waals surface area contributed by atoms with Crippen LogP contribution in [0.1, 0.15) is 71.1 Å². The summed E-state index contributed by atoms with van der Waals surface area (Å²) in [6.07, 6.45) is 12.3. The molecule has 0 aromatic heterocycles. The molecule has 3 atom stereocenters. The minimum Gasteiger partial charge on any atom is -0.356 e. The second kappa shape index (κ2) is 6.76. The third-order valence-corrected chi connectivity index (χ3v) is 5.85. The first-order valence-electron chi connectivity index (χ1n) is 8.83. The van der Waals surface area contributed by atoms with Gasteiger partial charge in [-0.2, -0.15) is 0 Å². The molecule has 3 fully saturated rings. The number of hydrogen-bond donors (Lipinski definition) is 1. The molecule has 1 heterocycles. The number of aliphatic hydroxyl groups excluding tert-OH is 1. The van der Waals surface area contributed by atoms with E-state index in [0.29, 0.717) is 6.04 Å². The molecule has 20 heavy (non-hydrogen) atoms. The van der Waals surface area contributed by atoms with Crippen molar-refractivity contribution in [3.8, 4) is 0 Å². The maximum Gasteiger partial charge on any atom is 0.216 e. The Balaban J connectivity index is 1.54. The van der Waals surface area contributed by atoms with Crippen LogP contribution >= 0.6 is 0 Å². The standard InChI is InChI=1S/C17H31NO2/c1-13-8-10-15(11-9-13)20-17(19)18-12-4-6-14-5-2-3-7-16(14)18/h13-17,19H,2-12H2,1H3. The highest BCUT2D eigenvalue weighted by Crippen LogP contribution is 2.36. The van der Waals surface area contributed by atoms with Crippen LogP contribution in [0.15, 0.2) is 0 Å². The van der Waals surface area contributed by atoms with Gasteiger partial charge >= 0.3 is 0 Å². The number of nitrogens with zero attached hydrogens (tertiary/aromatic N) is 1. The van der Waals surface area contributed by atoms with Crippen LogP contribution in [-0.2, 0) is 4.74 Å². The van der Waals surface area contributed by atoms with Gasteiger partial charge in [0, 0.05) is 12.6 Å². The van der Waals surface area contributed by atoms with Crippen LogP contribution in [0.2, 0.25) is 0 Å². The number of rotatable bonds is 3. The van der Waals surface area contributed by atoms with Crippen molar-refractivity contribution >= 4 is 0 Å². The van der Waals surface area contributed by atoms with E-state index in [4.69, 9.17) is 4.74 Å². The van der Waals surface area contributed by atoms with Gasteiger partial charge in [-0.3, -0.25) is 4.90 Å². The van der Waals surface area contributed by atoms with Gasteiger partial charge in [-0.15, -0.1) is 0 Å². The smallest absolute Gasteiger partial charge is 0.216 e. The van der Waals surface area contributed by atoms with Crippen molar-refractivity contribution in [2.24, 2.45) is 11.8 Å². The Morgan fingerprint density at radius 2 is 1.65 bits per heavy atom. The Bertz CT molecular complexity index is 299. The summed E-state index contributed by atoms with van der Waals surface area (Å²) in [5.74, 6) is 1.65. The van der Waals surface area contributed by atoms with Gasteiger partial charge in [0.1, 0.15) is 0 Å². The molecular weight excluding hydrogens is 250 g/mol. The fourth-order valence-electron chi connectivity index (χ4n) is 4.55. The zero-order chi connectivity index (χ0) is 13.9. The molecule has 3 aliphatic rings. The van der Waals surface area contributed by atoms with E-state index in [1.54, 1.807) is 0 Å². The number of fused-ring (bicyclic) bond motifs is 1. The van der Waals surface area contributed by atoms with Gasteiger partial charge in [0.05, 0.1) is 6.10 Å². The van der Waals surface area contributed by atoms with Gasteiger partial charge in [-0.25, -0.2) is 0 Å². The second-order valence-electron chi connectivity index (χ2n) is 7.34. The highest BCUT2D eigenvalue weighted by atomic mass is 16.6. The van der Waals surface area contributed by atoms with Gasteiger partial charge in [0.2, 0.25) is 6.41 Å². The normalized spacial score (nSPS) is 41.1. The number of likely N-dealkylation sites (tertiary alicyclic amines) is 1. The summed E-state index contributed by atoms with van der Waals surface area (Å²) in [4.78, 5) is 2.27. The fourth-order valence-corrected chi connectivity index (χ4v) is 4.55. The van der Waals surface area contributed by atoms with Crippen molar-refractivity contribution in [1.82, 2.24) is 4.90 Å². The molecule has 0 aromatic carbocycles. The average Bonchev–Trinajstić information content (AvgIpc) is 2.49. The molecule has 1 aliphatic heterocycles. The molecule has 2 saturated carbocycles. The van der Waals surface area contributed by atoms with Crippen molar-refractivity contribution in [3.63, 3.8) is 0 Å². The third-order valence-electron chi connectivity index (χ3n) is 5.85. The molecule has 116 valence electrons. The molecule has 0 spiro atoms. The van der Waals surface area contributed by atoms with Gasteiger partial charge in [0.25, 0.3) is 0 Å². The molecule has 0 amide bonds. The largest absolute Gasteiger partial charge is 0.356 e. The third kappa shape index (κ3) is 3.37. The van der Waals surface area contributed by atoms with Gasteiger partial charge in [0.15, 0.2) is 0 Å². The van der Waals surface area contributed by atoms with Crippen LogP contribution in [0.4, 0.5) is 0 Å². The van der Waals surface area contributed by atoms with Crippen LogP contribution < -0.4 is 0 Å². The van der Waals surface area contributed by atoms with Crippen molar-refractivity contribution in [1.29, 1.82) is 0 Å². The molecule has 1 saturated heterocycles. The van der Waals surface area contributed by atoms with E-state index < -0.39 is 6.41 Å².